The van der Waals surface area contributed by atoms with Gasteiger partial charge in [-0.2, -0.15) is 0 Å². The second kappa shape index (κ2) is 10.1. The zero-order valence-corrected chi connectivity index (χ0v) is 7.79. The van der Waals surface area contributed by atoms with E-state index in [1.165, 1.54) is 13.8 Å². The zero-order valence-electron chi connectivity index (χ0n) is 7.79. The molecular formula is C8H16O4. The molecule has 0 aromatic heterocycles. The van der Waals surface area contributed by atoms with Crippen molar-refractivity contribution in [3.63, 3.8) is 0 Å². The van der Waals surface area contributed by atoms with Crippen LogP contribution in [0, 0.1) is 0 Å². The van der Waals surface area contributed by atoms with Crippen LogP contribution >= 0.6 is 0 Å². The molecule has 72 valence electrons. The summed E-state index contributed by atoms with van der Waals surface area (Å²) in [6.07, 6.45) is 0.105. The lowest BCUT2D eigenvalue weighted by molar-refractivity contribution is -0.143. The maximum atomic E-state index is 10.3. The van der Waals surface area contributed by atoms with E-state index in [1.807, 2.05) is 0 Å². The van der Waals surface area contributed by atoms with Crippen LogP contribution in [0.15, 0.2) is 0 Å². The Kier molecular flexibility index (Phi) is 11.5. The molecular weight excluding hydrogens is 160 g/mol. The van der Waals surface area contributed by atoms with Crippen molar-refractivity contribution in [3.8, 4) is 0 Å². The lowest BCUT2D eigenvalue weighted by atomic mass is 10.5. The van der Waals surface area contributed by atoms with Crippen LogP contribution in [0.1, 0.15) is 27.2 Å². The summed E-state index contributed by atoms with van der Waals surface area (Å²) in [6, 6.07) is 0. The highest BCUT2D eigenvalue weighted by molar-refractivity contribution is 5.72. The highest BCUT2D eigenvalue weighted by Gasteiger charge is 1.96. The van der Waals surface area contributed by atoms with Gasteiger partial charge < -0.3 is 14.6 Å². The van der Waals surface area contributed by atoms with E-state index in [1.54, 1.807) is 6.92 Å². The number of carbonyl (C=O) groups excluding carboxylic acids is 2. The number of hydrogen-bond donors (Lipinski definition) is 1. The predicted molar refractivity (Wildman–Crippen MR) is 44.7 cm³/mol. The Balaban J connectivity index is 0. The fraction of sp³-hybridized carbons (Fsp3) is 0.750. The molecule has 0 aromatic carbocycles. The van der Waals surface area contributed by atoms with Gasteiger partial charge in [-0.05, 0) is 20.8 Å². The second-order valence-electron chi connectivity index (χ2n) is 2.19. The first-order chi connectivity index (χ1) is 5.54. The fourth-order valence-electron chi connectivity index (χ4n) is 0.324. The molecule has 0 unspecified atom stereocenters. The zero-order chi connectivity index (χ0) is 9.98. The molecule has 0 atom stereocenters. The molecule has 0 bridgehead atoms. The van der Waals surface area contributed by atoms with Crippen molar-refractivity contribution in [2.24, 2.45) is 0 Å². The van der Waals surface area contributed by atoms with E-state index < -0.39 is 0 Å². The van der Waals surface area contributed by atoms with E-state index in [9.17, 15) is 9.59 Å². The van der Waals surface area contributed by atoms with Gasteiger partial charge in [0.25, 0.3) is 0 Å². The number of hydrogen-bond acceptors (Lipinski definition) is 4. The molecule has 0 fully saturated rings. The average Bonchev–Trinajstić information content (AvgIpc) is 1.87. The number of aliphatic hydroxyl groups is 1. The lowest BCUT2D eigenvalue weighted by Gasteiger charge is -1.96. The summed E-state index contributed by atoms with van der Waals surface area (Å²) < 4.78 is 4.48. The average molecular weight is 176 g/mol. The topological polar surface area (TPSA) is 63.6 Å². The van der Waals surface area contributed by atoms with E-state index >= 15 is 0 Å². The molecule has 4 heteroatoms. The molecule has 4 nitrogen and oxygen atoms in total. The van der Waals surface area contributed by atoms with E-state index in [0.29, 0.717) is 6.61 Å². The molecule has 1 N–H and O–H groups in total. The molecule has 12 heavy (non-hydrogen) atoms. The van der Waals surface area contributed by atoms with Gasteiger partial charge >= 0.3 is 5.97 Å². The number of aliphatic hydroxyl groups excluding tert-OH is 1. The molecule has 0 rings (SSSR count). The first-order valence-corrected chi connectivity index (χ1v) is 3.78. The van der Waals surface area contributed by atoms with Crippen LogP contribution in [0.25, 0.3) is 0 Å². The largest absolute Gasteiger partial charge is 0.466 e. The maximum Gasteiger partial charge on any atom is 0.308 e. The summed E-state index contributed by atoms with van der Waals surface area (Å²) >= 11 is 0. The smallest absolute Gasteiger partial charge is 0.308 e. The monoisotopic (exact) mass is 176 g/mol. The number of esters is 1. The first-order valence-electron chi connectivity index (χ1n) is 3.78. The summed E-state index contributed by atoms with van der Waals surface area (Å²) in [5, 5.41) is 8.16. The Morgan fingerprint density at radius 1 is 1.33 bits per heavy atom. The molecule has 0 saturated heterocycles. The minimum Gasteiger partial charge on any atom is -0.466 e. The quantitative estimate of drug-likeness (QED) is 0.637. The Morgan fingerprint density at radius 3 is 2.00 bits per heavy atom. The third kappa shape index (κ3) is 23.0. The normalized spacial score (nSPS) is 8.00. The molecule has 0 aliphatic carbocycles. The number of ketones is 1. The third-order valence-electron chi connectivity index (χ3n) is 0.621. The van der Waals surface area contributed by atoms with Crippen molar-refractivity contribution in [1.29, 1.82) is 0 Å². The minimum absolute atomic E-state index is 0.105. The molecule has 0 spiro atoms. The number of carbonyl (C=O) groups is 2. The fourth-order valence-corrected chi connectivity index (χ4v) is 0.324. The Labute approximate surface area is 72.5 Å². The maximum absolute atomic E-state index is 10.3. The van der Waals surface area contributed by atoms with Gasteiger partial charge in [0.15, 0.2) is 0 Å². The summed E-state index contributed by atoms with van der Waals surface area (Å²) in [6.45, 7) is 5.05. The van der Waals surface area contributed by atoms with Gasteiger partial charge in [0.05, 0.1) is 19.6 Å². The Hall–Kier alpha value is -0.900. The SMILES string of the molecule is CC(C)=O.CCOC(=O)CCO. The van der Waals surface area contributed by atoms with E-state index in [0.717, 1.165) is 0 Å². The van der Waals surface area contributed by atoms with Crippen LogP contribution in [0.4, 0.5) is 0 Å². The summed E-state index contributed by atoms with van der Waals surface area (Å²) in [4.78, 5) is 19.7. The van der Waals surface area contributed by atoms with Crippen molar-refractivity contribution in [2.45, 2.75) is 27.2 Å². The Bertz CT molecular complexity index is 119. The lowest BCUT2D eigenvalue weighted by Crippen LogP contribution is -2.05. The predicted octanol–water partition coefficient (Wildman–Crippen LogP) is 0.527. The van der Waals surface area contributed by atoms with Crippen molar-refractivity contribution in [2.75, 3.05) is 13.2 Å². The van der Waals surface area contributed by atoms with Crippen molar-refractivity contribution in [1.82, 2.24) is 0 Å². The van der Waals surface area contributed by atoms with Crippen molar-refractivity contribution >= 4 is 11.8 Å². The minimum atomic E-state index is -0.338. The second-order valence-corrected chi connectivity index (χ2v) is 2.19. The van der Waals surface area contributed by atoms with Gasteiger partial charge in [-0.3, -0.25) is 4.79 Å². The van der Waals surface area contributed by atoms with Gasteiger partial charge in [0.1, 0.15) is 5.78 Å². The van der Waals surface area contributed by atoms with Crippen LogP contribution in [-0.4, -0.2) is 30.1 Å². The van der Waals surface area contributed by atoms with E-state index in [2.05, 4.69) is 4.74 Å². The van der Waals surface area contributed by atoms with E-state index in [-0.39, 0.29) is 24.8 Å². The van der Waals surface area contributed by atoms with Crippen LogP contribution < -0.4 is 0 Å². The van der Waals surface area contributed by atoms with Gasteiger partial charge in [-0.25, -0.2) is 0 Å². The van der Waals surface area contributed by atoms with Crippen LogP contribution in [0.5, 0.6) is 0 Å². The molecule has 0 aliphatic rings. The highest BCUT2D eigenvalue weighted by atomic mass is 16.5. The summed E-state index contributed by atoms with van der Waals surface area (Å²) in [5.41, 5.74) is 0. The van der Waals surface area contributed by atoms with Crippen LogP contribution in [0.3, 0.4) is 0 Å². The van der Waals surface area contributed by atoms with Gasteiger partial charge in [-0.1, -0.05) is 0 Å². The summed E-state index contributed by atoms with van der Waals surface area (Å²) in [7, 11) is 0. The first kappa shape index (κ1) is 13.7. The van der Waals surface area contributed by atoms with Gasteiger partial charge in [-0.15, -0.1) is 0 Å². The molecule has 0 aromatic rings. The molecule has 0 aliphatic heterocycles. The number of rotatable bonds is 3. The summed E-state index contributed by atoms with van der Waals surface area (Å²) in [5.74, 6) is -0.171. The Morgan fingerprint density at radius 2 is 1.75 bits per heavy atom. The van der Waals surface area contributed by atoms with Crippen molar-refractivity contribution < 1.29 is 19.4 Å². The van der Waals surface area contributed by atoms with Gasteiger partial charge in [0, 0.05) is 0 Å². The molecule has 0 heterocycles. The van der Waals surface area contributed by atoms with Gasteiger partial charge in [0.2, 0.25) is 0 Å². The van der Waals surface area contributed by atoms with Crippen molar-refractivity contribution in [3.05, 3.63) is 0 Å². The number of ether oxygens (including phenoxy) is 1. The van der Waals surface area contributed by atoms with E-state index in [4.69, 9.17) is 5.11 Å². The molecule has 0 amide bonds. The third-order valence-corrected chi connectivity index (χ3v) is 0.621. The standard InChI is InChI=1S/C5H10O3.C3H6O/c1-2-8-5(7)3-4-6;1-3(2)4/h6H,2-4H2,1H3;1-2H3. The van der Waals surface area contributed by atoms with Crippen LogP contribution in [0.2, 0.25) is 0 Å². The van der Waals surface area contributed by atoms with Crippen LogP contribution in [-0.2, 0) is 14.3 Å². The highest BCUT2D eigenvalue weighted by Crippen LogP contribution is 1.82. The molecule has 0 saturated carbocycles. The number of Topliss-reactive ketones (excluding diaryl/α,β-unsaturated/α-hetero) is 1. The molecule has 0 radical (unpaired) electrons.